The van der Waals surface area contributed by atoms with Gasteiger partial charge in [-0.3, -0.25) is 0 Å². The molecular formula is C63H39N5. The van der Waals surface area contributed by atoms with Crippen LogP contribution in [0, 0.1) is 0 Å². The van der Waals surface area contributed by atoms with Gasteiger partial charge in [0.25, 0.3) is 0 Å². The topological polar surface area (TPSA) is 48.5 Å². The maximum absolute atomic E-state index is 5.54. The first-order chi connectivity index (χ1) is 33.7. The number of hydrogen-bond acceptors (Lipinski definition) is 3. The molecule has 0 aliphatic rings. The summed E-state index contributed by atoms with van der Waals surface area (Å²) in [7, 11) is 0. The molecule has 0 amide bonds. The zero-order valence-electron chi connectivity index (χ0n) is 36.8. The monoisotopic (exact) mass is 865 g/mol. The van der Waals surface area contributed by atoms with Crippen molar-refractivity contribution in [3.8, 4) is 56.7 Å². The predicted octanol–water partition coefficient (Wildman–Crippen LogP) is 16.2. The Morgan fingerprint density at radius 3 is 1.66 bits per heavy atom. The van der Waals surface area contributed by atoms with E-state index in [1.165, 1.54) is 37.7 Å². The number of benzene rings is 11. The van der Waals surface area contributed by atoms with Gasteiger partial charge in [-0.2, -0.15) is 0 Å². The molecule has 0 spiro atoms. The minimum atomic E-state index is 0.599. The van der Waals surface area contributed by atoms with Crippen LogP contribution in [0.3, 0.4) is 0 Å². The van der Waals surface area contributed by atoms with Gasteiger partial charge < -0.3 is 9.13 Å². The standard InChI is InChI=1S/C63H39N5/c1-3-19-42(20-4-1)61-64-62(66-63(65-61)53-31-16-30-51-50-28-13-14-32-56(50)68(60(51)53)45-24-5-2-6-25-45)52-35-34-46(39-54(52)49-29-15-23-40-17-9-11-26-47(40)49)67-57-36-33-41-18-10-12-27-48(41)59(57)55-37-43-21-7-8-22-44(43)38-58(55)67/h1-39H. The van der Waals surface area contributed by atoms with Crippen molar-refractivity contribution in [2.45, 2.75) is 0 Å². The summed E-state index contributed by atoms with van der Waals surface area (Å²) in [5.74, 6) is 1.81. The molecule has 0 atom stereocenters. The Balaban J connectivity index is 1.07. The van der Waals surface area contributed by atoms with Gasteiger partial charge in [-0.25, -0.2) is 15.0 Å². The van der Waals surface area contributed by atoms with Gasteiger partial charge in [0.05, 0.1) is 22.1 Å². The zero-order chi connectivity index (χ0) is 44.7. The summed E-state index contributed by atoms with van der Waals surface area (Å²) >= 11 is 0. The molecule has 0 fully saturated rings. The van der Waals surface area contributed by atoms with E-state index < -0.39 is 0 Å². The number of nitrogens with zero attached hydrogens (tertiary/aromatic N) is 5. The van der Waals surface area contributed by atoms with E-state index in [1.807, 2.05) is 18.2 Å². The van der Waals surface area contributed by atoms with Crippen LogP contribution in [0.1, 0.15) is 0 Å². The maximum atomic E-state index is 5.54. The Morgan fingerprint density at radius 2 is 0.853 bits per heavy atom. The second-order valence-electron chi connectivity index (χ2n) is 17.6. The minimum absolute atomic E-state index is 0.599. The second-order valence-corrected chi connectivity index (χ2v) is 17.6. The third-order valence-electron chi connectivity index (χ3n) is 13.7. The Labute approximate surface area is 391 Å². The van der Waals surface area contributed by atoms with Crippen LogP contribution in [0.2, 0.25) is 0 Å². The van der Waals surface area contributed by atoms with Crippen LogP contribution in [0.4, 0.5) is 0 Å². The number of aromatic nitrogens is 5. The fraction of sp³-hybridized carbons (Fsp3) is 0. The quantitative estimate of drug-likeness (QED) is 0.167. The average Bonchev–Trinajstić information content (AvgIpc) is 3.93. The Bertz CT molecular complexity index is 4310. The van der Waals surface area contributed by atoms with Crippen molar-refractivity contribution in [1.29, 1.82) is 0 Å². The number of fused-ring (bicyclic) bond motifs is 10. The molecule has 0 aliphatic carbocycles. The summed E-state index contributed by atoms with van der Waals surface area (Å²) in [6, 6.07) is 84.6. The second kappa shape index (κ2) is 15.2. The molecule has 0 radical (unpaired) electrons. The summed E-state index contributed by atoms with van der Waals surface area (Å²) in [6.07, 6.45) is 0. The Morgan fingerprint density at radius 1 is 0.265 bits per heavy atom. The van der Waals surface area contributed by atoms with Crippen LogP contribution < -0.4 is 0 Å². The van der Waals surface area contributed by atoms with E-state index in [0.29, 0.717) is 17.5 Å². The molecule has 316 valence electrons. The van der Waals surface area contributed by atoms with Gasteiger partial charge in [0.1, 0.15) is 0 Å². The molecular weight excluding hydrogens is 827 g/mol. The maximum Gasteiger partial charge on any atom is 0.166 e. The van der Waals surface area contributed by atoms with Crippen molar-refractivity contribution < 1.29 is 0 Å². The van der Waals surface area contributed by atoms with Gasteiger partial charge >= 0.3 is 0 Å². The molecule has 0 unspecified atom stereocenters. The molecule has 0 saturated heterocycles. The van der Waals surface area contributed by atoms with Gasteiger partial charge in [0, 0.05) is 49.6 Å². The van der Waals surface area contributed by atoms with E-state index in [4.69, 9.17) is 15.0 Å². The van der Waals surface area contributed by atoms with Crippen molar-refractivity contribution in [3.05, 3.63) is 237 Å². The number of rotatable bonds is 6. The van der Waals surface area contributed by atoms with Crippen LogP contribution >= 0.6 is 0 Å². The zero-order valence-corrected chi connectivity index (χ0v) is 36.8. The molecule has 3 heterocycles. The van der Waals surface area contributed by atoms with E-state index in [-0.39, 0.29) is 0 Å². The fourth-order valence-corrected chi connectivity index (χ4v) is 10.7. The summed E-state index contributed by atoms with van der Waals surface area (Å²) in [5.41, 5.74) is 11.5. The molecule has 0 N–H and O–H groups in total. The lowest BCUT2D eigenvalue weighted by molar-refractivity contribution is 1.07. The van der Waals surface area contributed by atoms with Crippen LogP contribution in [-0.2, 0) is 0 Å². The highest BCUT2D eigenvalue weighted by Crippen LogP contribution is 2.43. The van der Waals surface area contributed by atoms with Gasteiger partial charge in [0.15, 0.2) is 17.5 Å². The smallest absolute Gasteiger partial charge is 0.166 e. The molecule has 14 aromatic rings. The van der Waals surface area contributed by atoms with Gasteiger partial charge in [-0.15, -0.1) is 0 Å². The molecule has 11 aromatic carbocycles. The highest BCUT2D eigenvalue weighted by Gasteiger charge is 2.23. The highest BCUT2D eigenvalue weighted by molar-refractivity contribution is 6.23. The molecule has 68 heavy (non-hydrogen) atoms. The third-order valence-corrected chi connectivity index (χ3v) is 13.7. The normalized spacial score (nSPS) is 11.8. The molecule has 0 saturated carbocycles. The lowest BCUT2D eigenvalue weighted by atomic mass is 9.93. The first kappa shape index (κ1) is 38.1. The Kier molecular flexibility index (Phi) is 8.52. The lowest BCUT2D eigenvalue weighted by Crippen LogP contribution is -2.03. The van der Waals surface area contributed by atoms with E-state index in [2.05, 4.69) is 228 Å². The van der Waals surface area contributed by atoms with Crippen molar-refractivity contribution in [1.82, 2.24) is 24.1 Å². The number of hydrogen-bond donors (Lipinski definition) is 0. The van der Waals surface area contributed by atoms with E-state index >= 15 is 0 Å². The summed E-state index contributed by atoms with van der Waals surface area (Å²) in [5, 5.41) is 12.0. The lowest BCUT2D eigenvalue weighted by Gasteiger charge is -2.17. The van der Waals surface area contributed by atoms with Gasteiger partial charge in [-0.05, 0) is 104 Å². The van der Waals surface area contributed by atoms with E-state index in [9.17, 15) is 0 Å². The molecule has 5 nitrogen and oxygen atoms in total. The minimum Gasteiger partial charge on any atom is -0.309 e. The molecule has 3 aromatic heterocycles. The van der Waals surface area contributed by atoms with Crippen LogP contribution in [0.5, 0.6) is 0 Å². The molecule has 14 rings (SSSR count). The summed E-state index contributed by atoms with van der Waals surface area (Å²) in [6.45, 7) is 0. The summed E-state index contributed by atoms with van der Waals surface area (Å²) < 4.78 is 4.79. The van der Waals surface area contributed by atoms with Crippen molar-refractivity contribution in [2.75, 3.05) is 0 Å². The predicted molar refractivity (Wildman–Crippen MR) is 283 cm³/mol. The van der Waals surface area contributed by atoms with Crippen molar-refractivity contribution >= 4 is 75.9 Å². The SMILES string of the molecule is c1ccc(-c2nc(-c3ccc(-n4c5cc6ccccc6cc5c5c6ccccc6ccc54)cc3-c3cccc4ccccc34)nc(-c3cccc4c5ccccc5n(-c5ccccc5)c34)n2)cc1. The molecule has 0 bridgehead atoms. The van der Waals surface area contributed by atoms with Crippen molar-refractivity contribution in [2.24, 2.45) is 0 Å². The molecule has 5 heteroatoms. The van der Waals surface area contributed by atoms with Gasteiger partial charge in [-0.1, -0.05) is 176 Å². The average molecular weight is 866 g/mol. The van der Waals surface area contributed by atoms with E-state index in [0.717, 1.165) is 77.4 Å². The van der Waals surface area contributed by atoms with Crippen LogP contribution in [0.25, 0.3) is 133 Å². The Hall–Kier alpha value is -9.19. The largest absolute Gasteiger partial charge is 0.309 e. The third kappa shape index (κ3) is 5.93. The first-order valence-corrected chi connectivity index (χ1v) is 23.1. The van der Waals surface area contributed by atoms with Gasteiger partial charge in [0.2, 0.25) is 0 Å². The first-order valence-electron chi connectivity index (χ1n) is 23.1. The fourth-order valence-electron chi connectivity index (χ4n) is 10.7. The van der Waals surface area contributed by atoms with E-state index in [1.54, 1.807) is 0 Å². The highest BCUT2D eigenvalue weighted by atomic mass is 15.1. The number of para-hydroxylation sites is 3. The van der Waals surface area contributed by atoms with Crippen LogP contribution in [0.15, 0.2) is 237 Å². The van der Waals surface area contributed by atoms with Crippen LogP contribution in [-0.4, -0.2) is 24.1 Å². The van der Waals surface area contributed by atoms with Crippen molar-refractivity contribution in [3.63, 3.8) is 0 Å². The molecule has 0 aliphatic heterocycles. The summed E-state index contributed by atoms with van der Waals surface area (Å²) in [4.78, 5) is 16.3.